The Kier molecular flexibility index (Phi) is 4.97. The molecule has 0 amide bonds. The second-order valence-corrected chi connectivity index (χ2v) is 7.18. The molecule has 2 aliphatic rings. The van der Waals surface area contributed by atoms with Gasteiger partial charge in [0, 0.05) is 6.04 Å². The number of benzene rings is 1. The van der Waals surface area contributed by atoms with Crippen molar-refractivity contribution in [3.8, 4) is 0 Å². The molecule has 116 valence electrons. The Balaban J connectivity index is 1.53. The van der Waals surface area contributed by atoms with E-state index in [-0.39, 0.29) is 0 Å². The van der Waals surface area contributed by atoms with Crippen molar-refractivity contribution in [1.29, 1.82) is 0 Å². The van der Waals surface area contributed by atoms with Gasteiger partial charge in [-0.25, -0.2) is 0 Å². The van der Waals surface area contributed by atoms with E-state index in [0.717, 1.165) is 17.8 Å². The SMILES string of the molecule is CCCC1CCC(C(CC2Cc3ccccc32)NN)CC1. The van der Waals surface area contributed by atoms with Gasteiger partial charge in [-0.2, -0.15) is 0 Å². The van der Waals surface area contributed by atoms with Crippen molar-refractivity contribution < 1.29 is 0 Å². The van der Waals surface area contributed by atoms with E-state index >= 15 is 0 Å². The van der Waals surface area contributed by atoms with E-state index in [9.17, 15) is 0 Å². The summed E-state index contributed by atoms with van der Waals surface area (Å²) < 4.78 is 0. The number of hydrogen-bond acceptors (Lipinski definition) is 2. The minimum atomic E-state index is 0.505. The summed E-state index contributed by atoms with van der Waals surface area (Å²) in [7, 11) is 0. The van der Waals surface area contributed by atoms with Crippen LogP contribution in [-0.4, -0.2) is 6.04 Å². The molecule has 1 aromatic carbocycles. The zero-order chi connectivity index (χ0) is 14.7. The van der Waals surface area contributed by atoms with Crippen LogP contribution in [0.15, 0.2) is 24.3 Å². The highest BCUT2D eigenvalue weighted by Crippen LogP contribution is 2.41. The second kappa shape index (κ2) is 6.93. The molecule has 2 nitrogen and oxygen atoms in total. The fraction of sp³-hybridized carbons (Fsp3) is 0.684. The van der Waals surface area contributed by atoms with Crippen LogP contribution in [0.1, 0.15) is 68.9 Å². The van der Waals surface area contributed by atoms with Crippen molar-refractivity contribution in [3.05, 3.63) is 35.4 Å². The molecular formula is C19H30N2. The number of fused-ring (bicyclic) bond motifs is 1. The van der Waals surface area contributed by atoms with Crippen LogP contribution >= 0.6 is 0 Å². The molecule has 21 heavy (non-hydrogen) atoms. The Morgan fingerprint density at radius 1 is 1.19 bits per heavy atom. The summed E-state index contributed by atoms with van der Waals surface area (Å²) in [5.41, 5.74) is 6.26. The van der Waals surface area contributed by atoms with Crippen LogP contribution in [0.4, 0.5) is 0 Å². The molecule has 1 saturated carbocycles. The second-order valence-electron chi connectivity index (χ2n) is 7.18. The van der Waals surface area contributed by atoms with E-state index in [1.54, 1.807) is 11.1 Å². The quantitative estimate of drug-likeness (QED) is 0.609. The third kappa shape index (κ3) is 3.32. The summed E-state index contributed by atoms with van der Waals surface area (Å²) in [4.78, 5) is 0. The molecule has 3 N–H and O–H groups in total. The van der Waals surface area contributed by atoms with Gasteiger partial charge < -0.3 is 0 Å². The molecule has 0 aromatic heterocycles. The number of rotatable bonds is 6. The average Bonchev–Trinajstić information content (AvgIpc) is 2.50. The third-order valence-electron chi connectivity index (χ3n) is 5.87. The van der Waals surface area contributed by atoms with Gasteiger partial charge in [-0.15, -0.1) is 0 Å². The zero-order valence-electron chi connectivity index (χ0n) is 13.4. The smallest absolute Gasteiger partial charge is 0.0244 e. The van der Waals surface area contributed by atoms with Gasteiger partial charge in [0.15, 0.2) is 0 Å². The molecule has 2 atom stereocenters. The average molecular weight is 286 g/mol. The van der Waals surface area contributed by atoms with E-state index < -0.39 is 0 Å². The molecular weight excluding hydrogens is 256 g/mol. The van der Waals surface area contributed by atoms with E-state index in [2.05, 4.69) is 36.6 Å². The summed E-state index contributed by atoms with van der Waals surface area (Å²) in [6, 6.07) is 9.40. The van der Waals surface area contributed by atoms with Crippen molar-refractivity contribution >= 4 is 0 Å². The molecule has 1 fully saturated rings. The molecule has 3 rings (SSSR count). The van der Waals surface area contributed by atoms with E-state index in [0.29, 0.717) is 6.04 Å². The summed E-state index contributed by atoms with van der Waals surface area (Å²) in [5.74, 6) is 8.39. The van der Waals surface area contributed by atoms with Gasteiger partial charge in [0.25, 0.3) is 0 Å². The van der Waals surface area contributed by atoms with Crippen LogP contribution in [0.5, 0.6) is 0 Å². The maximum absolute atomic E-state index is 5.89. The predicted octanol–water partition coefficient (Wildman–Crippen LogP) is 4.15. The van der Waals surface area contributed by atoms with Crippen LogP contribution < -0.4 is 11.3 Å². The van der Waals surface area contributed by atoms with Gasteiger partial charge in [0.2, 0.25) is 0 Å². The topological polar surface area (TPSA) is 38.0 Å². The number of hydrazine groups is 1. The van der Waals surface area contributed by atoms with Crippen molar-refractivity contribution in [1.82, 2.24) is 5.43 Å². The molecule has 0 radical (unpaired) electrons. The molecule has 2 heteroatoms. The monoisotopic (exact) mass is 286 g/mol. The summed E-state index contributed by atoms with van der Waals surface area (Å²) in [5, 5.41) is 0. The largest absolute Gasteiger partial charge is 0.271 e. The molecule has 0 saturated heterocycles. The summed E-state index contributed by atoms with van der Waals surface area (Å²) >= 11 is 0. The molecule has 2 aliphatic carbocycles. The number of nitrogens with two attached hydrogens (primary N) is 1. The van der Waals surface area contributed by atoms with Gasteiger partial charge in [-0.05, 0) is 54.6 Å². The highest BCUT2D eigenvalue weighted by atomic mass is 15.2. The molecule has 2 unspecified atom stereocenters. The van der Waals surface area contributed by atoms with Crippen molar-refractivity contribution in [2.75, 3.05) is 0 Å². The standard InChI is InChI=1S/C19H30N2/c1-2-5-14-8-10-15(11-9-14)19(21-20)13-17-12-16-6-3-4-7-18(16)17/h3-4,6-7,14-15,17,19,21H,2,5,8-13,20H2,1H3. The van der Waals surface area contributed by atoms with Crippen molar-refractivity contribution in [2.24, 2.45) is 17.7 Å². The lowest BCUT2D eigenvalue weighted by molar-refractivity contribution is 0.199. The molecule has 1 aromatic rings. The van der Waals surface area contributed by atoms with Gasteiger partial charge >= 0.3 is 0 Å². The Morgan fingerprint density at radius 3 is 2.62 bits per heavy atom. The molecule has 0 aliphatic heterocycles. The fourth-order valence-corrected chi connectivity index (χ4v) is 4.56. The summed E-state index contributed by atoms with van der Waals surface area (Å²) in [6.45, 7) is 2.31. The van der Waals surface area contributed by atoms with Crippen LogP contribution in [0.25, 0.3) is 0 Å². The first-order valence-corrected chi connectivity index (χ1v) is 8.85. The van der Waals surface area contributed by atoms with Gasteiger partial charge in [0.1, 0.15) is 0 Å². The van der Waals surface area contributed by atoms with E-state index in [4.69, 9.17) is 5.84 Å². The fourth-order valence-electron chi connectivity index (χ4n) is 4.56. The van der Waals surface area contributed by atoms with Gasteiger partial charge in [-0.1, -0.05) is 56.9 Å². The highest BCUT2D eigenvalue weighted by Gasteiger charge is 2.32. The van der Waals surface area contributed by atoms with Gasteiger partial charge in [-0.3, -0.25) is 11.3 Å². The Labute approximate surface area is 129 Å². The van der Waals surface area contributed by atoms with Gasteiger partial charge in [0.05, 0.1) is 0 Å². The third-order valence-corrected chi connectivity index (χ3v) is 5.87. The minimum absolute atomic E-state index is 0.505. The predicted molar refractivity (Wildman–Crippen MR) is 89.0 cm³/mol. The highest BCUT2D eigenvalue weighted by molar-refractivity contribution is 5.39. The molecule has 0 spiro atoms. The first-order chi connectivity index (χ1) is 10.3. The lowest BCUT2D eigenvalue weighted by Crippen LogP contribution is -2.44. The first-order valence-electron chi connectivity index (χ1n) is 8.85. The number of hydrogen-bond donors (Lipinski definition) is 2. The van der Waals surface area contributed by atoms with E-state index in [1.165, 1.54) is 51.4 Å². The summed E-state index contributed by atoms with van der Waals surface area (Å²) in [6.07, 6.45) is 10.8. The van der Waals surface area contributed by atoms with Crippen LogP contribution in [0.3, 0.4) is 0 Å². The van der Waals surface area contributed by atoms with E-state index in [1.807, 2.05) is 0 Å². The molecule has 0 bridgehead atoms. The maximum atomic E-state index is 5.89. The molecule has 0 heterocycles. The normalized spacial score (nSPS) is 29.5. The first kappa shape index (κ1) is 15.1. The Hall–Kier alpha value is -0.860. The Bertz CT molecular complexity index is 449. The van der Waals surface area contributed by atoms with Crippen LogP contribution in [0.2, 0.25) is 0 Å². The lowest BCUT2D eigenvalue weighted by atomic mass is 9.70. The maximum Gasteiger partial charge on any atom is 0.0244 e. The Morgan fingerprint density at radius 2 is 1.95 bits per heavy atom. The van der Waals surface area contributed by atoms with Crippen molar-refractivity contribution in [3.63, 3.8) is 0 Å². The minimum Gasteiger partial charge on any atom is -0.271 e. The number of nitrogens with one attached hydrogen (secondary N) is 1. The zero-order valence-corrected chi connectivity index (χ0v) is 13.4. The van der Waals surface area contributed by atoms with Crippen LogP contribution in [-0.2, 0) is 6.42 Å². The van der Waals surface area contributed by atoms with Crippen molar-refractivity contribution in [2.45, 2.75) is 70.3 Å². The van der Waals surface area contributed by atoms with Crippen LogP contribution in [0, 0.1) is 11.8 Å². The lowest BCUT2D eigenvalue weighted by Gasteiger charge is -2.38.